The van der Waals surface area contributed by atoms with Gasteiger partial charge in [0.2, 0.25) is 0 Å². The largest absolute Gasteiger partial charge is 0.393 e. The van der Waals surface area contributed by atoms with Crippen LogP contribution in [0.4, 0.5) is 0 Å². The lowest BCUT2D eigenvalue weighted by atomic mass is 9.41. The highest BCUT2D eigenvalue weighted by molar-refractivity contribution is 5.22. The molecule has 4 unspecified atom stereocenters. The van der Waals surface area contributed by atoms with Crippen LogP contribution >= 0.6 is 0 Å². The number of hydrogen-bond donors (Lipinski definition) is 9. The Bertz CT molecular complexity index is 1230. The van der Waals surface area contributed by atoms with Gasteiger partial charge in [0.25, 0.3) is 0 Å². The molecule has 0 spiro atoms. The van der Waals surface area contributed by atoms with Gasteiger partial charge in [-0.05, 0) is 91.3 Å². The maximum absolute atomic E-state index is 12.8. The molecule has 0 amide bonds. The normalized spacial score (nSPS) is 52.8. The molecule has 0 aromatic heterocycles. The van der Waals surface area contributed by atoms with Gasteiger partial charge in [-0.1, -0.05) is 34.6 Å². The van der Waals surface area contributed by atoms with Crippen LogP contribution in [0.15, 0.2) is 0 Å². The number of rotatable bonds is 11. The van der Waals surface area contributed by atoms with Gasteiger partial charge in [0.05, 0.1) is 49.8 Å². The summed E-state index contributed by atoms with van der Waals surface area (Å²) in [7, 11) is 1.44. The summed E-state index contributed by atoms with van der Waals surface area (Å²) < 4.78 is 28.8. The predicted molar refractivity (Wildman–Crippen MR) is 189 cm³/mol. The van der Waals surface area contributed by atoms with Crippen LogP contribution in [0.5, 0.6) is 0 Å². The van der Waals surface area contributed by atoms with Gasteiger partial charge in [0.1, 0.15) is 36.6 Å². The van der Waals surface area contributed by atoms with E-state index in [-0.39, 0.29) is 67.9 Å². The second kappa shape index (κ2) is 16.0. The molecule has 14 heteroatoms. The van der Waals surface area contributed by atoms with E-state index in [4.69, 9.17) is 23.7 Å². The molecule has 0 aromatic rings. The Morgan fingerprint density at radius 3 is 2.04 bits per heavy atom. The Labute approximate surface area is 313 Å². The van der Waals surface area contributed by atoms with Gasteiger partial charge in [0.15, 0.2) is 12.6 Å². The van der Waals surface area contributed by atoms with E-state index in [2.05, 4.69) is 34.6 Å². The van der Waals surface area contributed by atoms with Gasteiger partial charge in [-0.2, -0.15) is 0 Å². The molecule has 21 atom stereocenters. The fourth-order valence-electron chi connectivity index (χ4n) is 12.4. The van der Waals surface area contributed by atoms with E-state index in [1.165, 1.54) is 7.11 Å². The van der Waals surface area contributed by atoms with Gasteiger partial charge in [-0.15, -0.1) is 0 Å². The molecule has 9 N–H and O–H groups in total. The zero-order valence-electron chi connectivity index (χ0n) is 32.3. The summed E-state index contributed by atoms with van der Waals surface area (Å²) in [6.45, 7) is 10.6. The van der Waals surface area contributed by atoms with Gasteiger partial charge >= 0.3 is 0 Å². The SMILES string of the molecule is CO[C@H]1[C@H](O[C@H]2CC[C@@]3(C)C(C2)[C@H](O)C[C@]2(O)C3CC[C@@]3(C)C2[C@@H](O)[C@H](O)[C@@H]3[C@H](C)CCC(CO[C@@H]2OC[C@@H](O)[C@H](O)[C@H]2O)C(C)C)OC[C@@H](O)[C@@H]1O. The first kappa shape index (κ1) is 42.1. The molecule has 0 aromatic carbocycles. The number of aliphatic hydroxyl groups is 9. The number of ether oxygens (including phenoxy) is 5. The zero-order chi connectivity index (χ0) is 38.8. The van der Waals surface area contributed by atoms with E-state index in [9.17, 15) is 46.0 Å². The summed E-state index contributed by atoms with van der Waals surface area (Å²) in [6.07, 6.45) is -7.35. The van der Waals surface area contributed by atoms with Crippen LogP contribution in [0.3, 0.4) is 0 Å². The molecule has 308 valence electrons. The second-order valence-corrected chi connectivity index (χ2v) is 18.6. The smallest absolute Gasteiger partial charge is 0.186 e. The van der Waals surface area contributed by atoms with Crippen molar-refractivity contribution in [3.05, 3.63) is 0 Å². The van der Waals surface area contributed by atoms with Crippen molar-refractivity contribution in [3.8, 4) is 0 Å². The number of fused-ring (bicyclic) bond motifs is 5. The zero-order valence-corrected chi connectivity index (χ0v) is 32.3. The van der Waals surface area contributed by atoms with E-state index >= 15 is 0 Å². The Morgan fingerprint density at radius 2 is 1.38 bits per heavy atom. The molecule has 2 aliphatic heterocycles. The molecule has 6 aliphatic rings. The van der Waals surface area contributed by atoms with Crippen LogP contribution in [-0.2, 0) is 23.7 Å². The molecule has 0 bridgehead atoms. The highest BCUT2D eigenvalue weighted by Gasteiger charge is 2.72. The molecule has 0 radical (unpaired) electrons. The Morgan fingerprint density at radius 1 is 0.736 bits per heavy atom. The average molecular weight is 761 g/mol. The molecule has 4 aliphatic carbocycles. The summed E-state index contributed by atoms with van der Waals surface area (Å²) in [5.41, 5.74) is -2.41. The van der Waals surface area contributed by atoms with Crippen LogP contribution in [0.2, 0.25) is 0 Å². The minimum Gasteiger partial charge on any atom is -0.393 e. The Hall–Kier alpha value is -0.560. The van der Waals surface area contributed by atoms with Crippen molar-refractivity contribution < 1.29 is 69.6 Å². The van der Waals surface area contributed by atoms with E-state index in [1.54, 1.807) is 0 Å². The lowest BCUT2D eigenvalue weighted by Gasteiger charge is -2.66. The van der Waals surface area contributed by atoms with Crippen LogP contribution in [-0.4, -0.2) is 152 Å². The van der Waals surface area contributed by atoms with Crippen molar-refractivity contribution in [1.29, 1.82) is 0 Å². The number of methoxy groups -OCH3 is 1. The third kappa shape index (κ3) is 7.39. The van der Waals surface area contributed by atoms with Gasteiger partial charge < -0.3 is 69.6 Å². The summed E-state index contributed by atoms with van der Waals surface area (Å²) in [6, 6.07) is 0. The lowest BCUT2D eigenvalue weighted by molar-refractivity contribution is -0.303. The molecule has 14 nitrogen and oxygen atoms in total. The first-order valence-electron chi connectivity index (χ1n) is 20.1. The van der Waals surface area contributed by atoms with Crippen LogP contribution in [0.25, 0.3) is 0 Å². The molecular weight excluding hydrogens is 692 g/mol. The first-order chi connectivity index (χ1) is 24.9. The van der Waals surface area contributed by atoms with Crippen molar-refractivity contribution >= 4 is 0 Å². The van der Waals surface area contributed by atoms with E-state index in [0.29, 0.717) is 25.7 Å². The maximum Gasteiger partial charge on any atom is 0.186 e. The Kier molecular flexibility index (Phi) is 12.7. The van der Waals surface area contributed by atoms with Crippen molar-refractivity contribution in [2.45, 2.75) is 165 Å². The minimum absolute atomic E-state index is 0.00783. The molecule has 2 saturated heterocycles. The first-order valence-corrected chi connectivity index (χ1v) is 20.1. The Balaban J connectivity index is 1.12. The lowest BCUT2D eigenvalue weighted by Crippen LogP contribution is -2.69. The standard InChI is InChI=1S/C39H68O14/c1-18(2)20(15-50-35-32(47)28(43)24(41)16-51-35)8-7-19(3)27-30(45)31(46)34-38(27,5)12-10-26-37(4)11-9-21(13-22(37)23(40)14-39(26,34)48)53-36-33(49-6)29(44)25(42)17-52-36/h18-36,40-48H,7-17H2,1-6H3/t19-,20?,21+,22?,23-,24-,25-,26?,27+,28+,29+,30-,31+,32-,33-,34?,35-,36+,37+,38-,39+/m1/s1. The van der Waals surface area contributed by atoms with Crippen LogP contribution in [0, 0.1) is 52.3 Å². The quantitative estimate of drug-likeness (QED) is 0.129. The van der Waals surface area contributed by atoms with Gasteiger partial charge in [-0.25, -0.2) is 0 Å². The summed E-state index contributed by atoms with van der Waals surface area (Å²) >= 11 is 0. The van der Waals surface area contributed by atoms with Crippen molar-refractivity contribution in [1.82, 2.24) is 0 Å². The average Bonchev–Trinajstić information content (AvgIpc) is 3.31. The molecular formula is C39H68O14. The van der Waals surface area contributed by atoms with Gasteiger partial charge in [-0.3, -0.25) is 0 Å². The summed E-state index contributed by atoms with van der Waals surface area (Å²) in [5, 5.41) is 99.0. The predicted octanol–water partition coefficient (Wildman–Crippen LogP) is 0.295. The van der Waals surface area contributed by atoms with E-state index in [1.807, 2.05) is 0 Å². The highest BCUT2D eigenvalue weighted by atomic mass is 16.7. The summed E-state index contributed by atoms with van der Waals surface area (Å²) in [5.74, 6) is -0.996. The van der Waals surface area contributed by atoms with Crippen LogP contribution in [0.1, 0.15) is 86.0 Å². The van der Waals surface area contributed by atoms with Crippen molar-refractivity contribution in [3.63, 3.8) is 0 Å². The van der Waals surface area contributed by atoms with E-state index in [0.717, 1.165) is 19.3 Å². The van der Waals surface area contributed by atoms with Crippen LogP contribution < -0.4 is 0 Å². The third-order valence-corrected chi connectivity index (χ3v) is 15.3. The minimum atomic E-state index is -1.39. The highest BCUT2D eigenvalue weighted by Crippen LogP contribution is 2.70. The second-order valence-electron chi connectivity index (χ2n) is 18.6. The van der Waals surface area contributed by atoms with Gasteiger partial charge in [0, 0.05) is 19.4 Å². The third-order valence-electron chi connectivity index (χ3n) is 15.3. The summed E-state index contributed by atoms with van der Waals surface area (Å²) in [4.78, 5) is 0. The molecule has 6 fully saturated rings. The number of aliphatic hydroxyl groups excluding tert-OH is 8. The van der Waals surface area contributed by atoms with E-state index < -0.39 is 89.9 Å². The maximum atomic E-state index is 12.8. The molecule has 2 heterocycles. The fourth-order valence-corrected chi connectivity index (χ4v) is 12.4. The molecule has 4 saturated carbocycles. The van der Waals surface area contributed by atoms with Crippen molar-refractivity contribution in [2.24, 2.45) is 52.3 Å². The molecule has 6 rings (SSSR count). The monoisotopic (exact) mass is 760 g/mol. The number of hydrogen-bond acceptors (Lipinski definition) is 14. The fraction of sp³-hybridized carbons (Fsp3) is 1.00. The topological polar surface area (TPSA) is 228 Å². The van der Waals surface area contributed by atoms with Crippen molar-refractivity contribution in [2.75, 3.05) is 26.9 Å². The molecule has 53 heavy (non-hydrogen) atoms.